The Morgan fingerprint density at radius 3 is 3.17 bits per heavy atom. The summed E-state index contributed by atoms with van der Waals surface area (Å²) in [5.41, 5.74) is 8.28. The highest BCUT2D eigenvalue weighted by Crippen LogP contribution is 2.26. The van der Waals surface area contributed by atoms with E-state index in [-0.39, 0.29) is 0 Å². The zero-order chi connectivity index (χ0) is 8.55. The number of ether oxygens (including phenoxy) is 1. The molecular formula is C9H11NO2. The third-order valence-corrected chi connectivity index (χ3v) is 2.08. The molecule has 3 N–H and O–H groups in total. The van der Waals surface area contributed by atoms with Crippen LogP contribution in [0.2, 0.25) is 0 Å². The first kappa shape index (κ1) is 7.58. The van der Waals surface area contributed by atoms with Gasteiger partial charge in [-0.2, -0.15) is 0 Å². The van der Waals surface area contributed by atoms with Gasteiger partial charge in [-0.3, -0.25) is 0 Å². The lowest BCUT2D eigenvalue weighted by molar-refractivity contribution is -0.110. The van der Waals surface area contributed by atoms with Crippen LogP contribution in [0.15, 0.2) is 18.2 Å². The maximum absolute atomic E-state index is 9.39. The van der Waals surface area contributed by atoms with Crippen LogP contribution >= 0.6 is 0 Å². The molecule has 3 nitrogen and oxygen atoms in total. The fourth-order valence-electron chi connectivity index (χ4n) is 1.45. The molecule has 2 rings (SSSR count). The van der Waals surface area contributed by atoms with Crippen LogP contribution in [0.5, 0.6) is 0 Å². The first-order valence-electron chi connectivity index (χ1n) is 3.95. The molecular weight excluding hydrogens is 154 g/mol. The SMILES string of the molecule is Nc1ccc2c(c1)CCOC2O. The summed E-state index contributed by atoms with van der Waals surface area (Å²) in [5, 5.41) is 9.39. The van der Waals surface area contributed by atoms with E-state index in [2.05, 4.69) is 0 Å². The highest BCUT2D eigenvalue weighted by molar-refractivity contribution is 5.45. The zero-order valence-corrected chi connectivity index (χ0v) is 6.66. The maximum atomic E-state index is 9.39. The van der Waals surface area contributed by atoms with Crippen LogP contribution in [0.4, 0.5) is 5.69 Å². The van der Waals surface area contributed by atoms with E-state index in [0.717, 1.165) is 23.2 Å². The number of nitrogen functional groups attached to an aromatic ring is 1. The molecule has 1 heterocycles. The molecule has 0 aliphatic carbocycles. The Hall–Kier alpha value is -1.06. The van der Waals surface area contributed by atoms with Crippen LogP contribution in [-0.4, -0.2) is 11.7 Å². The first-order chi connectivity index (χ1) is 5.77. The number of rotatable bonds is 0. The van der Waals surface area contributed by atoms with E-state index < -0.39 is 6.29 Å². The van der Waals surface area contributed by atoms with Crippen LogP contribution in [0, 0.1) is 0 Å². The molecule has 0 fully saturated rings. The predicted molar refractivity (Wildman–Crippen MR) is 45.5 cm³/mol. The second-order valence-electron chi connectivity index (χ2n) is 2.93. The zero-order valence-electron chi connectivity index (χ0n) is 6.66. The molecule has 1 aliphatic rings. The van der Waals surface area contributed by atoms with Gasteiger partial charge in [0.25, 0.3) is 0 Å². The molecule has 0 saturated heterocycles. The van der Waals surface area contributed by atoms with Gasteiger partial charge in [0, 0.05) is 11.3 Å². The molecule has 3 heteroatoms. The summed E-state index contributed by atoms with van der Waals surface area (Å²) in [6.07, 6.45) is 0.0617. The summed E-state index contributed by atoms with van der Waals surface area (Å²) in [6.45, 7) is 0.567. The second kappa shape index (κ2) is 2.77. The molecule has 1 unspecified atom stereocenters. The molecule has 1 aromatic rings. The Labute approximate surface area is 70.8 Å². The number of aliphatic hydroxyl groups excluding tert-OH is 1. The number of benzene rings is 1. The molecule has 0 saturated carbocycles. The third kappa shape index (κ3) is 1.17. The predicted octanol–water partition coefficient (Wildman–Crippen LogP) is 0.832. The van der Waals surface area contributed by atoms with E-state index in [9.17, 15) is 5.11 Å². The molecule has 12 heavy (non-hydrogen) atoms. The van der Waals surface area contributed by atoms with Crippen molar-refractivity contribution < 1.29 is 9.84 Å². The van der Waals surface area contributed by atoms with Gasteiger partial charge in [-0.1, -0.05) is 6.07 Å². The summed E-state index contributed by atoms with van der Waals surface area (Å²) in [5.74, 6) is 0. The molecule has 0 aromatic heterocycles. The summed E-state index contributed by atoms with van der Waals surface area (Å²) < 4.78 is 5.06. The van der Waals surface area contributed by atoms with E-state index >= 15 is 0 Å². The van der Waals surface area contributed by atoms with Crippen molar-refractivity contribution in [3.05, 3.63) is 29.3 Å². The highest BCUT2D eigenvalue weighted by atomic mass is 16.6. The molecule has 0 spiro atoms. The van der Waals surface area contributed by atoms with Gasteiger partial charge in [-0.05, 0) is 24.1 Å². The van der Waals surface area contributed by atoms with Crippen molar-refractivity contribution in [2.45, 2.75) is 12.7 Å². The van der Waals surface area contributed by atoms with Crippen molar-refractivity contribution in [1.82, 2.24) is 0 Å². The summed E-state index contributed by atoms with van der Waals surface area (Å²) >= 11 is 0. The smallest absolute Gasteiger partial charge is 0.181 e. The van der Waals surface area contributed by atoms with E-state index in [4.69, 9.17) is 10.5 Å². The lowest BCUT2D eigenvalue weighted by atomic mass is 10.0. The Morgan fingerprint density at radius 2 is 2.33 bits per heavy atom. The standard InChI is InChI=1S/C9H11NO2/c10-7-1-2-8-6(5-7)3-4-12-9(8)11/h1-2,5,9,11H,3-4,10H2. The fraction of sp³-hybridized carbons (Fsp3) is 0.333. The van der Waals surface area contributed by atoms with Gasteiger partial charge in [0.05, 0.1) is 6.61 Å². The van der Waals surface area contributed by atoms with Gasteiger partial charge >= 0.3 is 0 Å². The van der Waals surface area contributed by atoms with Gasteiger partial charge in [-0.25, -0.2) is 0 Å². The number of anilines is 1. The Morgan fingerprint density at radius 1 is 1.50 bits per heavy atom. The van der Waals surface area contributed by atoms with Gasteiger partial charge in [-0.15, -0.1) is 0 Å². The minimum Gasteiger partial charge on any atom is -0.399 e. The van der Waals surface area contributed by atoms with E-state index in [1.807, 2.05) is 12.1 Å². The number of nitrogens with two attached hydrogens (primary N) is 1. The van der Waals surface area contributed by atoms with E-state index in [0.29, 0.717) is 6.61 Å². The molecule has 0 amide bonds. The lowest BCUT2D eigenvalue weighted by Gasteiger charge is -2.21. The Kier molecular flexibility index (Phi) is 1.75. The molecule has 0 bridgehead atoms. The van der Waals surface area contributed by atoms with Crippen molar-refractivity contribution in [3.8, 4) is 0 Å². The van der Waals surface area contributed by atoms with Gasteiger partial charge in [0.1, 0.15) is 0 Å². The number of hydrogen-bond donors (Lipinski definition) is 2. The van der Waals surface area contributed by atoms with Gasteiger partial charge in [0.2, 0.25) is 0 Å². The van der Waals surface area contributed by atoms with Crippen molar-refractivity contribution in [1.29, 1.82) is 0 Å². The summed E-state index contributed by atoms with van der Waals surface area (Å²) in [4.78, 5) is 0. The van der Waals surface area contributed by atoms with Gasteiger partial charge < -0.3 is 15.6 Å². The average Bonchev–Trinajstić information content (AvgIpc) is 2.04. The molecule has 1 atom stereocenters. The highest BCUT2D eigenvalue weighted by Gasteiger charge is 2.17. The van der Waals surface area contributed by atoms with Crippen LogP contribution in [-0.2, 0) is 11.2 Å². The normalized spacial score (nSPS) is 21.9. The summed E-state index contributed by atoms with van der Waals surface area (Å²) in [7, 11) is 0. The molecule has 1 aliphatic heterocycles. The largest absolute Gasteiger partial charge is 0.399 e. The molecule has 64 valence electrons. The average molecular weight is 165 g/mol. The Bertz CT molecular complexity index is 299. The van der Waals surface area contributed by atoms with Crippen LogP contribution in [0.25, 0.3) is 0 Å². The fourth-order valence-corrected chi connectivity index (χ4v) is 1.45. The minimum atomic E-state index is -0.769. The van der Waals surface area contributed by atoms with Crippen molar-refractivity contribution in [3.63, 3.8) is 0 Å². The van der Waals surface area contributed by atoms with Crippen molar-refractivity contribution >= 4 is 5.69 Å². The van der Waals surface area contributed by atoms with E-state index in [1.165, 1.54) is 0 Å². The minimum absolute atomic E-state index is 0.567. The maximum Gasteiger partial charge on any atom is 0.181 e. The van der Waals surface area contributed by atoms with Crippen LogP contribution in [0.1, 0.15) is 17.4 Å². The quantitative estimate of drug-likeness (QED) is 0.560. The number of hydrogen-bond acceptors (Lipinski definition) is 3. The van der Waals surface area contributed by atoms with Crippen molar-refractivity contribution in [2.24, 2.45) is 0 Å². The van der Waals surface area contributed by atoms with E-state index in [1.54, 1.807) is 6.07 Å². The number of fused-ring (bicyclic) bond motifs is 1. The van der Waals surface area contributed by atoms with Gasteiger partial charge in [0.15, 0.2) is 6.29 Å². The Balaban J connectivity index is 2.46. The summed E-state index contributed by atoms with van der Waals surface area (Å²) in [6, 6.07) is 5.48. The topological polar surface area (TPSA) is 55.5 Å². The molecule has 1 aromatic carbocycles. The lowest BCUT2D eigenvalue weighted by Crippen LogP contribution is -2.15. The second-order valence-corrected chi connectivity index (χ2v) is 2.93. The first-order valence-corrected chi connectivity index (χ1v) is 3.95. The van der Waals surface area contributed by atoms with Crippen molar-refractivity contribution in [2.75, 3.05) is 12.3 Å². The molecule has 0 radical (unpaired) electrons. The van der Waals surface area contributed by atoms with Crippen LogP contribution in [0.3, 0.4) is 0 Å². The third-order valence-electron chi connectivity index (χ3n) is 2.08. The number of aliphatic hydroxyl groups is 1. The monoisotopic (exact) mass is 165 g/mol. The van der Waals surface area contributed by atoms with Crippen LogP contribution < -0.4 is 5.73 Å².